The number of hydrogen-bond acceptors (Lipinski definition) is 3. The highest BCUT2D eigenvalue weighted by molar-refractivity contribution is 5.85. The van der Waals surface area contributed by atoms with Crippen LogP contribution in [-0.2, 0) is 11.2 Å². The van der Waals surface area contributed by atoms with Crippen molar-refractivity contribution in [3.8, 4) is 0 Å². The van der Waals surface area contributed by atoms with Gasteiger partial charge in [0.2, 0.25) is 5.91 Å². The fourth-order valence-electron chi connectivity index (χ4n) is 2.96. The second-order valence-corrected chi connectivity index (χ2v) is 6.19. The molecule has 1 aliphatic rings. The Morgan fingerprint density at radius 1 is 1.12 bits per heavy atom. The van der Waals surface area contributed by atoms with Crippen molar-refractivity contribution in [1.82, 2.24) is 9.80 Å². The molecule has 1 saturated heterocycles. The fourth-order valence-corrected chi connectivity index (χ4v) is 2.96. The number of rotatable bonds is 5. The van der Waals surface area contributed by atoms with Crippen molar-refractivity contribution in [1.29, 1.82) is 0 Å². The molecule has 1 heterocycles. The second kappa shape index (κ2) is 9.99. The number of halogens is 4. The molecule has 1 fully saturated rings. The van der Waals surface area contributed by atoms with E-state index in [0.29, 0.717) is 19.2 Å². The summed E-state index contributed by atoms with van der Waals surface area (Å²) in [6.07, 6.45) is 0.959. The summed E-state index contributed by atoms with van der Waals surface area (Å²) < 4.78 is 39.8. The molecule has 2 rings (SSSR count). The van der Waals surface area contributed by atoms with E-state index in [1.807, 2.05) is 0 Å². The van der Waals surface area contributed by atoms with E-state index < -0.39 is 23.5 Å². The van der Waals surface area contributed by atoms with E-state index >= 15 is 0 Å². The molecule has 0 aromatic heterocycles. The highest BCUT2D eigenvalue weighted by Crippen LogP contribution is 2.16. The molecule has 0 spiro atoms. The normalized spacial score (nSPS) is 16.9. The zero-order chi connectivity index (χ0) is 17.7. The van der Waals surface area contributed by atoms with Gasteiger partial charge in [-0.3, -0.25) is 4.79 Å². The van der Waals surface area contributed by atoms with E-state index in [1.165, 1.54) is 0 Å². The van der Waals surface area contributed by atoms with E-state index in [2.05, 4.69) is 11.8 Å². The lowest BCUT2D eigenvalue weighted by atomic mass is 10.0. The van der Waals surface area contributed by atoms with Gasteiger partial charge in [-0.05, 0) is 37.6 Å². The lowest BCUT2D eigenvalue weighted by molar-refractivity contribution is -0.131. The highest BCUT2D eigenvalue weighted by atomic mass is 35.5. The summed E-state index contributed by atoms with van der Waals surface area (Å²) in [5.74, 6) is -3.27. The summed E-state index contributed by atoms with van der Waals surface area (Å²) >= 11 is 0. The highest BCUT2D eigenvalue weighted by Gasteiger charge is 2.21. The topological polar surface area (TPSA) is 49.6 Å². The number of nitrogens with two attached hydrogens (primary N) is 1. The Balaban J connectivity index is 0.00000312. The smallest absolute Gasteiger partial charge is 0.224 e. The third kappa shape index (κ3) is 6.17. The van der Waals surface area contributed by atoms with Gasteiger partial charge in [0, 0.05) is 38.2 Å². The first kappa shape index (κ1) is 21.7. The summed E-state index contributed by atoms with van der Waals surface area (Å²) in [5, 5.41) is 0. The van der Waals surface area contributed by atoms with Gasteiger partial charge in [-0.2, -0.15) is 0 Å². The molecule has 1 aromatic carbocycles. The first-order valence-electron chi connectivity index (χ1n) is 8.29. The van der Waals surface area contributed by atoms with Crippen LogP contribution in [0.1, 0.15) is 25.3 Å². The molecular formula is C17H25ClF3N3O. The van der Waals surface area contributed by atoms with Crippen molar-refractivity contribution < 1.29 is 18.0 Å². The summed E-state index contributed by atoms with van der Waals surface area (Å²) in [6.45, 7) is 6.17. The van der Waals surface area contributed by atoms with Crippen LogP contribution in [-0.4, -0.2) is 54.5 Å². The van der Waals surface area contributed by atoms with E-state index in [9.17, 15) is 18.0 Å². The van der Waals surface area contributed by atoms with Gasteiger partial charge in [-0.1, -0.05) is 6.92 Å². The van der Waals surface area contributed by atoms with Gasteiger partial charge in [0.25, 0.3) is 0 Å². The van der Waals surface area contributed by atoms with Crippen LogP contribution in [0.3, 0.4) is 0 Å². The largest absolute Gasteiger partial charge is 0.341 e. The van der Waals surface area contributed by atoms with Gasteiger partial charge in [0.15, 0.2) is 11.6 Å². The standard InChI is InChI=1S/C17H24F3N3O.ClH/c1-2-22-4-3-5-23(7-6-22)17(24)10-13(21)8-12-9-15(19)16(20)11-14(12)18;/h9,11,13H,2-8,10,21H2,1H3;1H/t13-;/m1./s1. The number of carbonyl (C=O) groups excluding carboxylic acids is 1. The summed E-state index contributed by atoms with van der Waals surface area (Å²) in [4.78, 5) is 16.4. The van der Waals surface area contributed by atoms with Gasteiger partial charge >= 0.3 is 0 Å². The summed E-state index contributed by atoms with van der Waals surface area (Å²) in [7, 11) is 0. The molecule has 8 heteroatoms. The lowest BCUT2D eigenvalue weighted by Crippen LogP contribution is -2.39. The van der Waals surface area contributed by atoms with Crippen LogP contribution in [0, 0.1) is 17.5 Å². The Morgan fingerprint density at radius 3 is 2.48 bits per heavy atom. The zero-order valence-corrected chi connectivity index (χ0v) is 15.1. The molecule has 0 bridgehead atoms. The molecule has 0 aliphatic carbocycles. The van der Waals surface area contributed by atoms with Crippen molar-refractivity contribution in [2.45, 2.75) is 32.2 Å². The van der Waals surface area contributed by atoms with E-state index in [-0.39, 0.29) is 36.7 Å². The number of carbonyl (C=O) groups is 1. The van der Waals surface area contributed by atoms with Crippen LogP contribution in [0.15, 0.2) is 12.1 Å². The zero-order valence-electron chi connectivity index (χ0n) is 14.3. The monoisotopic (exact) mass is 379 g/mol. The maximum absolute atomic E-state index is 13.7. The molecule has 4 nitrogen and oxygen atoms in total. The van der Waals surface area contributed by atoms with Gasteiger partial charge in [0.05, 0.1) is 0 Å². The van der Waals surface area contributed by atoms with Gasteiger partial charge < -0.3 is 15.5 Å². The van der Waals surface area contributed by atoms with Crippen molar-refractivity contribution in [2.75, 3.05) is 32.7 Å². The number of amides is 1. The molecule has 0 saturated carbocycles. The first-order valence-corrected chi connectivity index (χ1v) is 8.29. The molecule has 1 atom stereocenters. The minimum atomic E-state index is -1.23. The SMILES string of the molecule is CCN1CCCN(C(=O)C[C@H](N)Cc2cc(F)c(F)cc2F)CC1.Cl. The average Bonchev–Trinajstić information content (AvgIpc) is 2.78. The van der Waals surface area contributed by atoms with E-state index in [0.717, 1.165) is 32.1 Å². The predicted molar refractivity (Wildman–Crippen MR) is 93.2 cm³/mol. The minimum absolute atomic E-state index is 0. The number of nitrogens with zero attached hydrogens (tertiary/aromatic N) is 2. The van der Waals surface area contributed by atoms with Crippen LogP contribution in [0.5, 0.6) is 0 Å². The van der Waals surface area contributed by atoms with Crippen LogP contribution in [0.25, 0.3) is 0 Å². The molecule has 142 valence electrons. The molecule has 0 unspecified atom stereocenters. The molecular weight excluding hydrogens is 355 g/mol. The van der Waals surface area contributed by atoms with Gasteiger partial charge in [-0.15, -0.1) is 12.4 Å². The average molecular weight is 380 g/mol. The number of likely N-dealkylation sites (N-methyl/N-ethyl adjacent to an activating group) is 1. The Labute approximate surface area is 152 Å². The molecule has 0 radical (unpaired) electrons. The molecule has 1 aliphatic heterocycles. The minimum Gasteiger partial charge on any atom is -0.341 e. The van der Waals surface area contributed by atoms with Crippen molar-refractivity contribution >= 4 is 18.3 Å². The Bertz CT molecular complexity index is 589. The summed E-state index contributed by atoms with van der Waals surface area (Å²) in [5.41, 5.74) is 5.91. The van der Waals surface area contributed by atoms with Gasteiger partial charge in [-0.25, -0.2) is 13.2 Å². The lowest BCUT2D eigenvalue weighted by Gasteiger charge is -2.23. The number of benzene rings is 1. The van der Waals surface area contributed by atoms with Crippen molar-refractivity contribution in [3.63, 3.8) is 0 Å². The Kier molecular flexibility index (Phi) is 8.68. The summed E-state index contributed by atoms with van der Waals surface area (Å²) in [6, 6.07) is 0.676. The van der Waals surface area contributed by atoms with Gasteiger partial charge in [0.1, 0.15) is 5.82 Å². The third-order valence-corrected chi connectivity index (χ3v) is 4.40. The molecule has 2 N–H and O–H groups in total. The quantitative estimate of drug-likeness (QED) is 0.799. The van der Waals surface area contributed by atoms with E-state index in [4.69, 9.17) is 5.73 Å². The molecule has 1 aromatic rings. The maximum atomic E-state index is 13.7. The fraction of sp³-hybridized carbons (Fsp3) is 0.588. The number of hydrogen-bond donors (Lipinski definition) is 1. The van der Waals surface area contributed by atoms with Crippen molar-refractivity contribution in [3.05, 3.63) is 35.1 Å². The van der Waals surface area contributed by atoms with Crippen LogP contribution in [0.4, 0.5) is 13.2 Å². The Morgan fingerprint density at radius 2 is 1.80 bits per heavy atom. The van der Waals surface area contributed by atoms with Crippen molar-refractivity contribution in [2.24, 2.45) is 5.73 Å². The van der Waals surface area contributed by atoms with E-state index in [1.54, 1.807) is 4.90 Å². The second-order valence-electron chi connectivity index (χ2n) is 6.19. The Hall–Kier alpha value is -1.31. The first-order chi connectivity index (χ1) is 11.4. The molecule has 25 heavy (non-hydrogen) atoms. The third-order valence-electron chi connectivity index (χ3n) is 4.40. The van der Waals surface area contributed by atoms with Crippen LogP contribution >= 0.6 is 12.4 Å². The van der Waals surface area contributed by atoms with Crippen LogP contribution in [0.2, 0.25) is 0 Å². The maximum Gasteiger partial charge on any atom is 0.224 e. The molecule has 1 amide bonds. The van der Waals surface area contributed by atoms with Crippen LogP contribution < -0.4 is 5.73 Å². The predicted octanol–water partition coefficient (Wildman–Crippen LogP) is 2.34.